The Balaban J connectivity index is 1.33. The third kappa shape index (κ3) is 7.68. The van der Waals surface area contributed by atoms with E-state index in [-0.39, 0.29) is 36.8 Å². The number of benzene rings is 3. The zero-order chi connectivity index (χ0) is 28.8. The van der Waals surface area contributed by atoms with E-state index in [0.717, 1.165) is 28.6 Å². The average Bonchev–Trinajstić information content (AvgIpc) is 3.16. The van der Waals surface area contributed by atoms with Crippen molar-refractivity contribution in [2.24, 2.45) is 0 Å². The van der Waals surface area contributed by atoms with E-state index in [4.69, 9.17) is 21.1 Å². The summed E-state index contributed by atoms with van der Waals surface area (Å²) in [5, 5.41) is 2.98. The van der Waals surface area contributed by atoms with Crippen LogP contribution < -0.4 is 14.8 Å². The summed E-state index contributed by atoms with van der Waals surface area (Å²) < 4.78 is 12.2. The number of carbonyl (C=O) groups is 3. The van der Waals surface area contributed by atoms with Gasteiger partial charge in [0.05, 0.1) is 15.9 Å². The van der Waals surface area contributed by atoms with E-state index in [1.807, 2.05) is 25.1 Å². The molecule has 3 amide bonds. The topological polar surface area (TPSA) is 84.9 Å². The molecule has 40 heavy (non-hydrogen) atoms. The third-order valence-corrected chi connectivity index (χ3v) is 7.76. The molecule has 0 bridgehead atoms. The van der Waals surface area contributed by atoms with Gasteiger partial charge in [-0.2, -0.15) is 0 Å². The Morgan fingerprint density at radius 3 is 2.50 bits per heavy atom. The molecule has 0 spiro atoms. The third-order valence-electron chi connectivity index (χ3n) is 5.98. The minimum absolute atomic E-state index is 0.155. The zero-order valence-corrected chi connectivity index (χ0v) is 25.4. The summed E-state index contributed by atoms with van der Waals surface area (Å²) in [4.78, 5) is 39.3. The number of imide groups is 1. The number of thioether (sulfide) groups is 1. The van der Waals surface area contributed by atoms with E-state index >= 15 is 0 Å². The van der Waals surface area contributed by atoms with Gasteiger partial charge in [0, 0.05) is 10.7 Å². The number of hydrogen-bond donors (Lipinski definition) is 1. The first kappa shape index (κ1) is 29.7. The van der Waals surface area contributed by atoms with Gasteiger partial charge in [0.2, 0.25) is 0 Å². The average molecular weight is 644 g/mol. The monoisotopic (exact) mass is 642 g/mol. The van der Waals surface area contributed by atoms with Crippen LogP contribution in [0, 0.1) is 6.92 Å². The van der Waals surface area contributed by atoms with Crippen molar-refractivity contribution in [1.29, 1.82) is 0 Å². The van der Waals surface area contributed by atoms with E-state index in [1.165, 1.54) is 4.90 Å². The highest BCUT2D eigenvalue weighted by Gasteiger charge is 2.34. The predicted molar refractivity (Wildman–Crippen MR) is 163 cm³/mol. The van der Waals surface area contributed by atoms with Crippen molar-refractivity contribution in [1.82, 2.24) is 4.90 Å². The molecule has 0 radical (unpaired) electrons. The Morgan fingerprint density at radius 1 is 1.05 bits per heavy atom. The van der Waals surface area contributed by atoms with Crippen LogP contribution in [0.25, 0.3) is 6.08 Å². The van der Waals surface area contributed by atoms with E-state index in [9.17, 15) is 14.4 Å². The summed E-state index contributed by atoms with van der Waals surface area (Å²) in [5.74, 6) is 0.845. The molecule has 4 rings (SSSR count). The molecule has 3 aromatic carbocycles. The maximum absolute atomic E-state index is 13.0. The number of halogens is 2. The second-order valence-electron chi connectivity index (χ2n) is 9.41. The zero-order valence-electron chi connectivity index (χ0n) is 22.2. The van der Waals surface area contributed by atoms with Crippen molar-refractivity contribution in [3.05, 3.63) is 91.8 Å². The number of anilines is 1. The SMILES string of the molecule is Cc1ccc(C(C)C)c(OCCN2C(=O)S/C(=C\c3ccc(OCC(=O)Nc4ccc(Cl)cc4)c(Br)c3)C2=O)c1. The summed E-state index contributed by atoms with van der Waals surface area (Å²) in [6.07, 6.45) is 1.66. The van der Waals surface area contributed by atoms with Gasteiger partial charge >= 0.3 is 0 Å². The van der Waals surface area contributed by atoms with Crippen LogP contribution in [-0.2, 0) is 9.59 Å². The van der Waals surface area contributed by atoms with Crippen molar-refractivity contribution in [3.8, 4) is 11.5 Å². The lowest BCUT2D eigenvalue weighted by Gasteiger charge is -2.17. The lowest BCUT2D eigenvalue weighted by molar-refractivity contribution is -0.123. The first-order valence-electron chi connectivity index (χ1n) is 12.6. The molecule has 1 aliphatic rings. The molecule has 7 nitrogen and oxygen atoms in total. The Morgan fingerprint density at radius 2 is 1.80 bits per heavy atom. The van der Waals surface area contributed by atoms with Gasteiger partial charge in [0.25, 0.3) is 17.1 Å². The van der Waals surface area contributed by atoms with Crippen molar-refractivity contribution >= 4 is 68.1 Å². The number of nitrogens with zero attached hydrogens (tertiary/aromatic N) is 1. The second kappa shape index (κ2) is 13.4. The van der Waals surface area contributed by atoms with Gasteiger partial charge in [-0.1, -0.05) is 43.6 Å². The number of aryl methyl sites for hydroxylation is 1. The van der Waals surface area contributed by atoms with E-state index in [0.29, 0.717) is 37.3 Å². The van der Waals surface area contributed by atoms with Gasteiger partial charge in [-0.25, -0.2) is 0 Å². The van der Waals surface area contributed by atoms with Gasteiger partial charge < -0.3 is 14.8 Å². The molecule has 0 saturated carbocycles. The van der Waals surface area contributed by atoms with Crippen LogP contribution in [0.15, 0.2) is 70.0 Å². The Kier molecular flexibility index (Phi) is 9.95. The lowest BCUT2D eigenvalue weighted by Crippen LogP contribution is -2.32. The number of rotatable bonds is 10. The molecule has 1 fully saturated rings. The van der Waals surface area contributed by atoms with Crippen LogP contribution in [0.2, 0.25) is 5.02 Å². The number of carbonyl (C=O) groups excluding carboxylic acids is 3. The minimum atomic E-state index is -0.359. The predicted octanol–water partition coefficient (Wildman–Crippen LogP) is 7.67. The molecule has 10 heteroatoms. The largest absolute Gasteiger partial charge is 0.491 e. The molecule has 0 aromatic heterocycles. The highest BCUT2D eigenvalue weighted by molar-refractivity contribution is 9.10. The van der Waals surface area contributed by atoms with E-state index < -0.39 is 0 Å². The van der Waals surface area contributed by atoms with Crippen LogP contribution >= 0.6 is 39.3 Å². The summed E-state index contributed by atoms with van der Waals surface area (Å²) in [6.45, 7) is 6.35. The second-order valence-corrected chi connectivity index (χ2v) is 11.7. The van der Waals surface area contributed by atoms with Crippen LogP contribution in [0.4, 0.5) is 10.5 Å². The van der Waals surface area contributed by atoms with Gasteiger partial charge in [0.1, 0.15) is 18.1 Å². The molecule has 3 aromatic rings. The lowest BCUT2D eigenvalue weighted by atomic mass is 10.0. The maximum Gasteiger partial charge on any atom is 0.293 e. The van der Waals surface area contributed by atoms with Crippen LogP contribution in [0.5, 0.6) is 11.5 Å². The quantitative estimate of drug-likeness (QED) is 0.228. The molecule has 1 aliphatic heterocycles. The number of hydrogen-bond acceptors (Lipinski definition) is 6. The van der Waals surface area contributed by atoms with Gasteiger partial charge in [-0.15, -0.1) is 0 Å². The first-order chi connectivity index (χ1) is 19.1. The summed E-state index contributed by atoms with van der Waals surface area (Å²) >= 11 is 10.2. The standard InChI is InChI=1S/C30H28BrClN2O5S/c1-18(2)23-10-4-19(3)14-26(23)38-13-12-34-29(36)27(40-30(34)37)16-20-5-11-25(24(31)15-20)39-17-28(35)33-22-8-6-21(32)7-9-22/h4-11,14-16,18H,12-13,17H2,1-3H3,(H,33,35)/b27-16-. The Hall–Kier alpha value is -3.27. The molecule has 0 aliphatic carbocycles. The number of nitrogens with one attached hydrogen (secondary N) is 1. The van der Waals surface area contributed by atoms with E-state index in [1.54, 1.807) is 48.5 Å². The Labute approximate surface area is 251 Å². The van der Waals surface area contributed by atoms with Crippen molar-refractivity contribution < 1.29 is 23.9 Å². The fourth-order valence-corrected chi connectivity index (χ4v) is 5.43. The Bertz CT molecular complexity index is 1460. The maximum atomic E-state index is 13.0. The summed E-state index contributed by atoms with van der Waals surface area (Å²) in [6, 6.07) is 18.0. The molecule has 1 saturated heterocycles. The van der Waals surface area contributed by atoms with Gasteiger partial charge in [-0.3, -0.25) is 19.3 Å². The van der Waals surface area contributed by atoms with Crippen LogP contribution in [-0.4, -0.2) is 41.7 Å². The highest BCUT2D eigenvalue weighted by atomic mass is 79.9. The highest BCUT2D eigenvalue weighted by Crippen LogP contribution is 2.34. The van der Waals surface area contributed by atoms with E-state index in [2.05, 4.69) is 35.1 Å². The fourth-order valence-electron chi connectivity index (χ4n) is 3.93. The summed E-state index contributed by atoms with van der Waals surface area (Å²) in [5.41, 5.74) is 3.48. The van der Waals surface area contributed by atoms with Gasteiger partial charge in [0.15, 0.2) is 6.61 Å². The summed E-state index contributed by atoms with van der Waals surface area (Å²) in [7, 11) is 0. The van der Waals surface area contributed by atoms with Crippen molar-refractivity contribution in [2.45, 2.75) is 26.7 Å². The molecule has 1 N–H and O–H groups in total. The van der Waals surface area contributed by atoms with Gasteiger partial charge in [-0.05, 0) is 106 Å². The fraction of sp³-hybridized carbons (Fsp3) is 0.233. The minimum Gasteiger partial charge on any atom is -0.491 e. The number of ether oxygens (including phenoxy) is 2. The molecular formula is C30H28BrClN2O5S. The first-order valence-corrected chi connectivity index (χ1v) is 14.6. The molecule has 208 valence electrons. The van der Waals surface area contributed by atoms with Crippen molar-refractivity contribution in [3.63, 3.8) is 0 Å². The van der Waals surface area contributed by atoms with Crippen LogP contribution in [0.3, 0.4) is 0 Å². The molecule has 0 unspecified atom stereocenters. The molecular weight excluding hydrogens is 616 g/mol. The smallest absolute Gasteiger partial charge is 0.293 e. The van der Waals surface area contributed by atoms with Crippen molar-refractivity contribution in [2.75, 3.05) is 25.1 Å². The molecule has 1 heterocycles. The molecule has 0 atom stereocenters. The normalized spacial score (nSPS) is 14.2. The van der Waals surface area contributed by atoms with Crippen LogP contribution in [0.1, 0.15) is 36.5 Å². The number of amides is 3.